The molecule has 2 aliphatic rings. The summed E-state index contributed by atoms with van der Waals surface area (Å²) >= 11 is 0. The third-order valence-electron chi connectivity index (χ3n) is 6.30. The molecule has 2 heterocycles. The molecule has 6 heteroatoms. The fourth-order valence-electron chi connectivity index (χ4n) is 4.46. The Morgan fingerprint density at radius 1 is 0.903 bits per heavy atom. The van der Waals surface area contributed by atoms with Crippen LogP contribution in [0.3, 0.4) is 0 Å². The van der Waals surface area contributed by atoms with E-state index in [-0.39, 0.29) is 24.3 Å². The first-order valence-electron chi connectivity index (χ1n) is 11.1. The van der Waals surface area contributed by atoms with E-state index in [0.717, 1.165) is 32.6 Å². The van der Waals surface area contributed by atoms with Crippen LogP contribution >= 0.6 is 0 Å². The summed E-state index contributed by atoms with van der Waals surface area (Å²) in [5.74, 6) is -0.409. The van der Waals surface area contributed by atoms with E-state index in [4.69, 9.17) is 0 Å². The summed E-state index contributed by atoms with van der Waals surface area (Å²) in [5, 5.41) is 0. The largest absolute Gasteiger partial charge is 0.340 e. The molecule has 0 radical (unpaired) electrons. The number of rotatable bonds is 7. The molecule has 2 aromatic carbocycles. The first-order valence-corrected chi connectivity index (χ1v) is 11.1. The zero-order valence-corrected chi connectivity index (χ0v) is 18.0. The lowest BCUT2D eigenvalue weighted by Gasteiger charge is -2.40. The first-order chi connectivity index (χ1) is 15.0. The van der Waals surface area contributed by atoms with Gasteiger partial charge in [-0.1, -0.05) is 42.5 Å². The predicted molar refractivity (Wildman–Crippen MR) is 119 cm³/mol. The van der Waals surface area contributed by atoms with Crippen molar-refractivity contribution in [2.24, 2.45) is 0 Å². The number of nitrogens with zero attached hydrogens (tertiary/aromatic N) is 3. The van der Waals surface area contributed by atoms with Gasteiger partial charge in [-0.3, -0.25) is 24.2 Å². The zero-order chi connectivity index (χ0) is 21.8. The molecule has 0 saturated carbocycles. The van der Waals surface area contributed by atoms with Gasteiger partial charge < -0.3 is 4.90 Å². The molecule has 31 heavy (non-hydrogen) atoms. The quantitative estimate of drug-likeness (QED) is 0.648. The number of benzene rings is 2. The Morgan fingerprint density at radius 2 is 1.55 bits per heavy atom. The molecule has 162 valence electrons. The van der Waals surface area contributed by atoms with Gasteiger partial charge in [0.25, 0.3) is 11.8 Å². The highest BCUT2D eigenvalue weighted by Crippen LogP contribution is 2.23. The second-order valence-corrected chi connectivity index (χ2v) is 8.37. The number of carbonyl (C=O) groups is 3. The number of amides is 3. The molecule has 2 aromatic rings. The molecule has 4 rings (SSSR count). The summed E-state index contributed by atoms with van der Waals surface area (Å²) in [6, 6.07) is 17.7. The normalized spacial score (nSPS) is 19.1. The summed E-state index contributed by atoms with van der Waals surface area (Å²) in [7, 11) is 0. The average Bonchev–Trinajstić information content (AvgIpc) is 3.04. The molecule has 2 aliphatic heterocycles. The SMILES string of the molecule is CC1CN(C(=O)CCCN2C(=O)c3ccccc3C2=O)CCN1CCc1ccccc1. The molecule has 1 saturated heterocycles. The Bertz CT molecular complexity index is 924. The Balaban J connectivity index is 1.21. The fraction of sp³-hybridized carbons (Fsp3) is 0.400. The smallest absolute Gasteiger partial charge is 0.261 e. The standard InChI is InChI=1S/C25H29N3O3/c1-19-18-27(17-16-26(19)15-13-20-8-3-2-4-9-20)23(29)12-7-14-28-24(30)21-10-5-6-11-22(21)25(28)31/h2-6,8-11,19H,7,12-18H2,1H3. The van der Waals surface area contributed by atoms with E-state index in [1.807, 2.05) is 11.0 Å². The van der Waals surface area contributed by atoms with Crippen molar-refractivity contribution in [3.63, 3.8) is 0 Å². The number of imide groups is 1. The lowest BCUT2D eigenvalue weighted by atomic mass is 10.1. The lowest BCUT2D eigenvalue weighted by molar-refractivity contribution is -0.134. The number of piperazine rings is 1. The van der Waals surface area contributed by atoms with Gasteiger partial charge >= 0.3 is 0 Å². The second kappa shape index (κ2) is 9.43. The van der Waals surface area contributed by atoms with E-state index in [0.29, 0.717) is 30.0 Å². The third-order valence-corrected chi connectivity index (χ3v) is 6.30. The van der Waals surface area contributed by atoms with Crippen LogP contribution in [0.1, 0.15) is 46.0 Å². The fourth-order valence-corrected chi connectivity index (χ4v) is 4.46. The highest BCUT2D eigenvalue weighted by molar-refractivity contribution is 6.21. The molecule has 0 N–H and O–H groups in total. The van der Waals surface area contributed by atoms with E-state index in [1.165, 1.54) is 10.5 Å². The van der Waals surface area contributed by atoms with Gasteiger partial charge in [0.15, 0.2) is 0 Å². The summed E-state index contributed by atoms with van der Waals surface area (Å²) in [6.07, 6.45) is 1.86. The van der Waals surface area contributed by atoms with Crippen LogP contribution < -0.4 is 0 Å². The van der Waals surface area contributed by atoms with Crippen LogP contribution in [0.25, 0.3) is 0 Å². The molecule has 0 aliphatic carbocycles. The predicted octanol–water partition coefficient (Wildman–Crippen LogP) is 2.84. The van der Waals surface area contributed by atoms with Gasteiger partial charge in [0.1, 0.15) is 0 Å². The average molecular weight is 420 g/mol. The molecule has 1 unspecified atom stereocenters. The summed E-state index contributed by atoms with van der Waals surface area (Å²) in [4.78, 5) is 43.2. The van der Waals surface area contributed by atoms with Crippen molar-refractivity contribution < 1.29 is 14.4 Å². The Hall–Kier alpha value is -2.99. The number of hydrogen-bond donors (Lipinski definition) is 0. The van der Waals surface area contributed by atoms with Gasteiger partial charge in [-0.05, 0) is 37.5 Å². The molecule has 6 nitrogen and oxygen atoms in total. The van der Waals surface area contributed by atoms with Crippen molar-refractivity contribution in [1.29, 1.82) is 0 Å². The van der Waals surface area contributed by atoms with Crippen LogP contribution in [-0.4, -0.2) is 71.2 Å². The molecule has 1 fully saturated rings. The minimum atomic E-state index is -0.256. The van der Waals surface area contributed by atoms with Gasteiger partial charge in [-0.25, -0.2) is 0 Å². The van der Waals surface area contributed by atoms with Crippen LogP contribution in [0, 0.1) is 0 Å². The highest BCUT2D eigenvalue weighted by atomic mass is 16.2. The van der Waals surface area contributed by atoms with Crippen molar-refractivity contribution in [1.82, 2.24) is 14.7 Å². The molecule has 1 atom stereocenters. The second-order valence-electron chi connectivity index (χ2n) is 8.37. The summed E-state index contributed by atoms with van der Waals surface area (Å²) in [5.41, 5.74) is 2.25. The lowest BCUT2D eigenvalue weighted by Crippen LogP contribution is -2.54. The Labute approximate surface area is 183 Å². The van der Waals surface area contributed by atoms with Gasteiger partial charge in [-0.15, -0.1) is 0 Å². The number of carbonyl (C=O) groups excluding carboxylic acids is 3. The monoisotopic (exact) mass is 419 g/mol. The minimum absolute atomic E-state index is 0.103. The van der Waals surface area contributed by atoms with Crippen molar-refractivity contribution >= 4 is 17.7 Å². The van der Waals surface area contributed by atoms with E-state index in [9.17, 15) is 14.4 Å². The van der Waals surface area contributed by atoms with E-state index >= 15 is 0 Å². The molecule has 0 spiro atoms. The van der Waals surface area contributed by atoms with Gasteiger partial charge in [-0.2, -0.15) is 0 Å². The van der Waals surface area contributed by atoms with Crippen LogP contribution in [-0.2, 0) is 11.2 Å². The Morgan fingerprint density at radius 3 is 2.19 bits per heavy atom. The molecule has 0 bridgehead atoms. The van der Waals surface area contributed by atoms with Crippen LogP contribution in [0.2, 0.25) is 0 Å². The van der Waals surface area contributed by atoms with Crippen LogP contribution in [0.4, 0.5) is 0 Å². The molecule has 3 amide bonds. The maximum atomic E-state index is 12.7. The van der Waals surface area contributed by atoms with Gasteiger partial charge in [0, 0.05) is 45.2 Å². The zero-order valence-electron chi connectivity index (χ0n) is 18.0. The van der Waals surface area contributed by atoms with Crippen molar-refractivity contribution in [3.8, 4) is 0 Å². The first kappa shape index (κ1) is 21.2. The summed E-state index contributed by atoms with van der Waals surface area (Å²) < 4.78 is 0. The number of fused-ring (bicyclic) bond motifs is 1. The van der Waals surface area contributed by atoms with Gasteiger partial charge in [0.05, 0.1) is 11.1 Å². The summed E-state index contributed by atoms with van der Waals surface area (Å²) in [6.45, 7) is 5.77. The van der Waals surface area contributed by atoms with E-state index in [2.05, 4.69) is 36.1 Å². The minimum Gasteiger partial charge on any atom is -0.340 e. The van der Waals surface area contributed by atoms with Crippen molar-refractivity contribution in [3.05, 3.63) is 71.3 Å². The van der Waals surface area contributed by atoms with E-state index < -0.39 is 0 Å². The molecular weight excluding hydrogens is 390 g/mol. The number of hydrogen-bond acceptors (Lipinski definition) is 4. The molecular formula is C25H29N3O3. The van der Waals surface area contributed by atoms with Crippen molar-refractivity contribution in [2.75, 3.05) is 32.7 Å². The van der Waals surface area contributed by atoms with Gasteiger partial charge in [0.2, 0.25) is 5.91 Å². The molecule has 0 aromatic heterocycles. The maximum Gasteiger partial charge on any atom is 0.261 e. The van der Waals surface area contributed by atoms with Crippen LogP contribution in [0.15, 0.2) is 54.6 Å². The Kier molecular flexibility index (Phi) is 6.47. The van der Waals surface area contributed by atoms with E-state index in [1.54, 1.807) is 24.3 Å². The third kappa shape index (κ3) is 4.69. The topological polar surface area (TPSA) is 60.9 Å². The van der Waals surface area contributed by atoms with Crippen LogP contribution in [0.5, 0.6) is 0 Å². The maximum absolute atomic E-state index is 12.7. The highest BCUT2D eigenvalue weighted by Gasteiger charge is 2.35. The van der Waals surface area contributed by atoms with Crippen molar-refractivity contribution in [2.45, 2.75) is 32.2 Å².